The predicted molar refractivity (Wildman–Crippen MR) is 72.9 cm³/mol. The zero-order valence-electron chi connectivity index (χ0n) is 14.5. The van der Waals surface area contributed by atoms with Crippen LogP contribution in [0.5, 0.6) is 0 Å². The summed E-state index contributed by atoms with van der Waals surface area (Å²) < 4.78 is 224. The lowest BCUT2D eigenvalue weighted by Crippen LogP contribution is -2.75. The molecule has 1 amide bonds. The van der Waals surface area contributed by atoms with Crippen molar-refractivity contribution in [1.29, 1.82) is 0 Å². The molecular formula is C12H5F17N2OS. The van der Waals surface area contributed by atoms with Crippen LogP contribution in [0.1, 0.15) is 0 Å². The van der Waals surface area contributed by atoms with Crippen LogP contribution in [-0.2, 0) is 4.79 Å². The first-order valence-electron chi connectivity index (χ1n) is 7.46. The van der Waals surface area contributed by atoms with Gasteiger partial charge in [0.15, 0.2) is 5.11 Å². The molecule has 0 aliphatic carbocycles. The molecule has 21 heteroatoms. The van der Waals surface area contributed by atoms with Gasteiger partial charge in [-0.2, -0.15) is 74.6 Å². The molecule has 1 fully saturated rings. The topological polar surface area (TPSA) is 41.1 Å². The lowest BCUT2D eigenvalue weighted by molar-refractivity contribution is -0.462. The number of hydrogen-bond donors (Lipinski definition) is 2. The fraction of sp³-hybridized carbons (Fsp3) is 0.833. The first-order chi connectivity index (χ1) is 14.2. The second kappa shape index (κ2) is 7.59. The highest BCUT2D eigenvalue weighted by Crippen LogP contribution is 2.64. The molecule has 0 spiro atoms. The van der Waals surface area contributed by atoms with Gasteiger partial charge in [-0.3, -0.25) is 4.79 Å². The van der Waals surface area contributed by atoms with E-state index < -0.39 is 71.1 Å². The first kappa shape index (κ1) is 29.2. The smallest absolute Gasteiger partial charge is 0.361 e. The summed E-state index contributed by atoms with van der Waals surface area (Å²) in [6, 6.07) is 0. The van der Waals surface area contributed by atoms with Gasteiger partial charge in [-0.25, -0.2) is 0 Å². The zero-order chi connectivity index (χ0) is 26.9. The van der Waals surface area contributed by atoms with Gasteiger partial charge in [0.1, 0.15) is 5.92 Å². The summed E-state index contributed by atoms with van der Waals surface area (Å²) in [5.74, 6) is -63.6. The van der Waals surface area contributed by atoms with Crippen LogP contribution in [0, 0.1) is 5.92 Å². The standard InChI is InChI=1S/C12H5F17N2OS/c13-5(14,2-1-30-4(33)31-3(2)32)6(15,16)7(17,18)8(19,20)9(21,22)10(23,24)11(25,26)12(27,28)29/h2H,1H2,(H2,30,31,32,33). The maximum Gasteiger partial charge on any atom is 0.460 e. The van der Waals surface area contributed by atoms with E-state index in [4.69, 9.17) is 0 Å². The van der Waals surface area contributed by atoms with Crippen molar-refractivity contribution in [2.75, 3.05) is 6.54 Å². The highest BCUT2D eigenvalue weighted by Gasteiger charge is 2.95. The van der Waals surface area contributed by atoms with Crippen molar-refractivity contribution in [3.8, 4) is 0 Å². The molecule has 1 aliphatic rings. The number of rotatable bonds is 7. The van der Waals surface area contributed by atoms with E-state index in [1.165, 1.54) is 5.32 Å². The number of nitrogens with one attached hydrogen (secondary N) is 2. The van der Waals surface area contributed by atoms with Gasteiger partial charge in [-0.15, -0.1) is 0 Å². The molecule has 1 heterocycles. The Labute approximate surface area is 174 Å². The molecule has 0 aromatic heterocycles. The average molecular weight is 548 g/mol. The van der Waals surface area contributed by atoms with Crippen LogP contribution >= 0.6 is 12.2 Å². The molecule has 0 aromatic rings. The molecule has 0 radical (unpaired) electrons. The van der Waals surface area contributed by atoms with Crippen LogP contribution in [0.3, 0.4) is 0 Å². The molecule has 1 rings (SSSR count). The Morgan fingerprint density at radius 2 is 0.939 bits per heavy atom. The minimum Gasteiger partial charge on any atom is -0.361 e. The quantitative estimate of drug-likeness (QED) is 0.361. The molecule has 0 aromatic carbocycles. The summed E-state index contributed by atoms with van der Waals surface area (Å²) >= 11 is 4.15. The monoisotopic (exact) mass is 548 g/mol. The molecule has 1 unspecified atom stereocenters. The SMILES string of the molecule is O=C1NC(=S)NCC1C(F)(F)C(F)(F)C(F)(F)C(F)(F)C(F)(F)C(F)(F)C(F)(F)C(F)(F)F. The third kappa shape index (κ3) is 3.72. The van der Waals surface area contributed by atoms with Crippen molar-refractivity contribution in [1.82, 2.24) is 10.6 Å². The summed E-state index contributed by atoms with van der Waals surface area (Å²) in [5.41, 5.74) is 0. The molecule has 33 heavy (non-hydrogen) atoms. The van der Waals surface area contributed by atoms with Crippen molar-refractivity contribution < 1.29 is 79.4 Å². The van der Waals surface area contributed by atoms with Gasteiger partial charge < -0.3 is 10.6 Å². The summed E-state index contributed by atoms with van der Waals surface area (Å²) in [7, 11) is 0. The van der Waals surface area contributed by atoms with Crippen LogP contribution in [-0.4, -0.2) is 65.2 Å². The molecule has 194 valence electrons. The van der Waals surface area contributed by atoms with Gasteiger partial charge >= 0.3 is 47.6 Å². The molecule has 0 saturated carbocycles. The van der Waals surface area contributed by atoms with Crippen LogP contribution in [0.25, 0.3) is 0 Å². The Bertz CT molecular complexity index is 804. The van der Waals surface area contributed by atoms with Crippen molar-refractivity contribution in [3.63, 3.8) is 0 Å². The van der Waals surface area contributed by atoms with E-state index in [0.717, 1.165) is 5.32 Å². The van der Waals surface area contributed by atoms with Crippen LogP contribution < -0.4 is 10.6 Å². The van der Waals surface area contributed by atoms with Crippen molar-refractivity contribution in [2.45, 2.75) is 47.6 Å². The van der Waals surface area contributed by atoms with Gasteiger partial charge in [0.25, 0.3) is 0 Å². The zero-order valence-corrected chi connectivity index (χ0v) is 15.3. The molecule has 1 aliphatic heterocycles. The Morgan fingerprint density at radius 1 is 0.606 bits per heavy atom. The number of amides is 1. The summed E-state index contributed by atoms with van der Waals surface area (Å²) in [6.07, 6.45) is -7.82. The second-order valence-corrected chi connectivity index (χ2v) is 6.73. The Balaban J connectivity index is 3.63. The maximum atomic E-state index is 13.9. The highest BCUT2D eigenvalue weighted by atomic mass is 32.1. The first-order valence-corrected chi connectivity index (χ1v) is 7.87. The van der Waals surface area contributed by atoms with Crippen molar-refractivity contribution in [2.24, 2.45) is 5.92 Å². The third-order valence-corrected chi connectivity index (χ3v) is 4.45. The van der Waals surface area contributed by atoms with Gasteiger partial charge in [-0.05, 0) is 12.2 Å². The van der Waals surface area contributed by atoms with Gasteiger partial charge in [0, 0.05) is 6.54 Å². The van der Waals surface area contributed by atoms with E-state index in [0.29, 0.717) is 0 Å². The average Bonchev–Trinajstić information content (AvgIpc) is 2.59. The van der Waals surface area contributed by atoms with E-state index in [1.807, 2.05) is 0 Å². The second-order valence-electron chi connectivity index (χ2n) is 6.32. The van der Waals surface area contributed by atoms with E-state index >= 15 is 0 Å². The summed E-state index contributed by atoms with van der Waals surface area (Å²) in [5, 5.41) is 1.73. The van der Waals surface area contributed by atoms with E-state index in [-0.39, 0.29) is 0 Å². The van der Waals surface area contributed by atoms with Crippen molar-refractivity contribution in [3.05, 3.63) is 0 Å². The number of halogens is 17. The summed E-state index contributed by atoms with van der Waals surface area (Å²) in [4.78, 5) is 11.3. The van der Waals surface area contributed by atoms with Gasteiger partial charge in [0.05, 0.1) is 0 Å². The van der Waals surface area contributed by atoms with Crippen LogP contribution in [0.2, 0.25) is 0 Å². The van der Waals surface area contributed by atoms with Crippen LogP contribution in [0.15, 0.2) is 0 Å². The predicted octanol–water partition coefficient (Wildman–Crippen LogP) is 4.62. The largest absolute Gasteiger partial charge is 0.460 e. The fourth-order valence-electron chi connectivity index (χ4n) is 2.22. The molecular weight excluding hydrogens is 543 g/mol. The number of alkyl halides is 17. The summed E-state index contributed by atoms with van der Waals surface area (Å²) in [6.45, 7) is -1.83. The minimum atomic E-state index is -8.71. The van der Waals surface area contributed by atoms with E-state index in [9.17, 15) is 79.4 Å². The Morgan fingerprint density at radius 3 is 1.27 bits per heavy atom. The maximum absolute atomic E-state index is 13.9. The Kier molecular flexibility index (Phi) is 6.71. The minimum absolute atomic E-state index is 0.881. The fourth-order valence-corrected chi connectivity index (χ4v) is 2.40. The molecule has 2 N–H and O–H groups in total. The lowest BCUT2D eigenvalue weighted by atomic mass is 9.84. The van der Waals surface area contributed by atoms with Gasteiger partial charge in [-0.1, -0.05) is 0 Å². The highest BCUT2D eigenvalue weighted by molar-refractivity contribution is 7.80. The lowest BCUT2D eigenvalue weighted by Gasteiger charge is -2.44. The number of hydrogen-bond acceptors (Lipinski definition) is 2. The molecule has 0 bridgehead atoms. The Hall–Kier alpha value is -1.83. The number of carbonyl (C=O) groups is 1. The number of carbonyl (C=O) groups excluding carboxylic acids is 1. The van der Waals surface area contributed by atoms with E-state index in [1.54, 1.807) is 0 Å². The molecule has 1 atom stereocenters. The molecule has 3 nitrogen and oxygen atoms in total. The van der Waals surface area contributed by atoms with Crippen molar-refractivity contribution >= 4 is 23.2 Å². The van der Waals surface area contributed by atoms with Crippen LogP contribution in [0.4, 0.5) is 74.6 Å². The normalized spacial score (nSPS) is 20.5. The molecule has 1 saturated heterocycles. The third-order valence-electron chi connectivity index (χ3n) is 4.20. The van der Waals surface area contributed by atoms with Gasteiger partial charge in [0.2, 0.25) is 5.91 Å². The van der Waals surface area contributed by atoms with E-state index in [2.05, 4.69) is 12.2 Å². The number of thiocarbonyl (C=S) groups is 1.